The molecule has 0 aromatic rings. The zero-order valence-corrected chi connectivity index (χ0v) is 12.7. The van der Waals surface area contributed by atoms with Crippen LogP contribution < -0.4 is 5.32 Å². The third kappa shape index (κ3) is 5.03. The van der Waals surface area contributed by atoms with Crippen LogP contribution in [0.2, 0.25) is 0 Å². The molecule has 0 spiro atoms. The summed E-state index contributed by atoms with van der Waals surface area (Å²) in [4.78, 5) is 5.11. The molecule has 1 heterocycles. The first-order valence-corrected chi connectivity index (χ1v) is 8.03. The van der Waals surface area contributed by atoms with Gasteiger partial charge in [0.1, 0.15) is 0 Å². The van der Waals surface area contributed by atoms with Crippen molar-refractivity contribution < 1.29 is 4.74 Å². The van der Waals surface area contributed by atoms with Crippen LogP contribution in [0.4, 0.5) is 0 Å². The van der Waals surface area contributed by atoms with E-state index in [2.05, 4.69) is 29.1 Å². The van der Waals surface area contributed by atoms with Crippen LogP contribution in [-0.4, -0.2) is 74.9 Å². The Labute approximate surface area is 118 Å². The predicted octanol–water partition coefficient (Wildman–Crippen LogP) is 1.17. The van der Waals surface area contributed by atoms with E-state index >= 15 is 0 Å². The van der Waals surface area contributed by atoms with Crippen molar-refractivity contribution in [3.8, 4) is 0 Å². The first kappa shape index (κ1) is 15.2. The average Bonchev–Trinajstić information content (AvgIpc) is 2.47. The molecule has 1 saturated heterocycles. The van der Waals surface area contributed by atoms with Gasteiger partial charge in [0.05, 0.1) is 13.2 Å². The van der Waals surface area contributed by atoms with Gasteiger partial charge in [0.2, 0.25) is 0 Å². The summed E-state index contributed by atoms with van der Waals surface area (Å²) in [6.45, 7) is 9.78. The van der Waals surface area contributed by atoms with Gasteiger partial charge < -0.3 is 15.0 Å². The lowest BCUT2D eigenvalue weighted by molar-refractivity contribution is 0.0313. The highest BCUT2D eigenvalue weighted by Gasteiger charge is 2.23. The lowest BCUT2D eigenvalue weighted by atomic mass is 9.90. The fourth-order valence-corrected chi connectivity index (χ4v) is 3.32. The van der Waals surface area contributed by atoms with Crippen molar-refractivity contribution >= 4 is 0 Å². The zero-order valence-electron chi connectivity index (χ0n) is 12.7. The van der Waals surface area contributed by atoms with Crippen molar-refractivity contribution in [2.24, 2.45) is 0 Å². The summed E-state index contributed by atoms with van der Waals surface area (Å²) in [5, 5.41) is 3.59. The van der Waals surface area contributed by atoms with E-state index in [4.69, 9.17) is 4.74 Å². The number of nitrogens with one attached hydrogen (secondary N) is 1. The van der Waals surface area contributed by atoms with Gasteiger partial charge in [-0.05, 0) is 39.3 Å². The molecule has 0 aromatic heterocycles. The highest BCUT2D eigenvalue weighted by Crippen LogP contribution is 2.22. The molecule has 0 amide bonds. The van der Waals surface area contributed by atoms with Crippen LogP contribution in [-0.2, 0) is 4.74 Å². The fraction of sp³-hybridized carbons (Fsp3) is 1.00. The van der Waals surface area contributed by atoms with Gasteiger partial charge in [-0.2, -0.15) is 0 Å². The van der Waals surface area contributed by atoms with Crippen molar-refractivity contribution in [1.29, 1.82) is 0 Å². The largest absolute Gasteiger partial charge is 0.379 e. The van der Waals surface area contributed by atoms with Crippen LogP contribution >= 0.6 is 0 Å². The molecular formula is C15H31N3O. The summed E-state index contributed by atoms with van der Waals surface area (Å²) in [7, 11) is 2.30. The minimum absolute atomic E-state index is 0.772. The normalized spacial score (nSPS) is 29.8. The second kappa shape index (κ2) is 8.20. The Hall–Kier alpha value is -0.160. The first-order valence-electron chi connectivity index (χ1n) is 8.03. The topological polar surface area (TPSA) is 27.7 Å². The molecule has 4 nitrogen and oxygen atoms in total. The van der Waals surface area contributed by atoms with E-state index in [0.29, 0.717) is 0 Å². The van der Waals surface area contributed by atoms with Crippen molar-refractivity contribution in [2.45, 2.75) is 44.7 Å². The van der Waals surface area contributed by atoms with Crippen LogP contribution in [0.15, 0.2) is 0 Å². The summed E-state index contributed by atoms with van der Waals surface area (Å²) in [6, 6.07) is 1.57. The molecule has 0 atom stereocenters. The molecule has 1 aliphatic heterocycles. The maximum Gasteiger partial charge on any atom is 0.0594 e. The summed E-state index contributed by atoms with van der Waals surface area (Å²) < 4.78 is 5.40. The summed E-state index contributed by atoms with van der Waals surface area (Å²) >= 11 is 0. The Morgan fingerprint density at radius 3 is 2.47 bits per heavy atom. The lowest BCUT2D eigenvalue weighted by Crippen LogP contribution is -2.45. The monoisotopic (exact) mass is 269 g/mol. The molecule has 2 rings (SSSR count). The van der Waals surface area contributed by atoms with Crippen molar-refractivity contribution in [1.82, 2.24) is 15.1 Å². The predicted molar refractivity (Wildman–Crippen MR) is 79.6 cm³/mol. The summed E-state index contributed by atoms with van der Waals surface area (Å²) in [5.41, 5.74) is 0. The highest BCUT2D eigenvalue weighted by molar-refractivity contribution is 4.82. The minimum Gasteiger partial charge on any atom is -0.379 e. The smallest absolute Gasteiger partial charge is 0.0594 e. The number of nitrogens with zero attached hydrogens (tertiary/aromatic N) is 2. The van der Waals surface area contributed by atoms with Gasteiger partial charge in [-0.3, -0.25) is 4.90 Å². The number of likely N-dealkylation sites (N-methyl/N-ethyl adjacent to an activating group) is 1. The number of morpholine rings is 1. The SMILES string of the molecule is CCNC1CCC(N(C)CCN2CCOCC2)CC1. The molecule has 112 valence electrons. The van der Waals surface area contributed by atoms with Gasteiger partial charge in [-0.1, -0.05) is 6.92 Å². The Morgan fingerprint density at radius 2 is 1.84 bits per heavy atom. The van der Waals surface area contributed by atoms with Crippen molar-refractivity contribution in [3.63, 3.8) is 0 Å². The Kier molecular flexibility index (Phi) is 6.57. The number of hydrogen-bond acceptors (Lipinski definition) is 4. The van der Waals surface area contributed by atoms with Gasteiger partial charge in [-0.15, -0.1) is 0 Å². The standard InChI is InChI=1S/C15H31N3O/c1-3-16-14-4-6-15(7-5-14)17(2)8-9-18-10-12-19-13-11-18/h14-16H,3-13H2,1-2H3. The van der Waals surface area contributed by atoms with Crippen LogP contribution in [0, 0.1) is 0 Å². The maximum atomic E-state index is 5.40. The minimum atomic E-state index is 0.772. The molecule has 0 aromatic carbocycles. The molecular weight excluding hydrogens is 238 g/mol. The van der Waals surface area contributed by atoms with Gasteiger partial charge in [0, 0.05) is 38.3 Å². The molecule has 1 saturated carbocycles. The fourth-order valence-electron chi connectivity index (χ4n) is 3.32. The van der Waals surface area contributed by atoms with Crippen LogP contribution in [0.5, 0.6) is 0 Å². The second-order valence-electron chi connectivity index (χ2n) is 6.00. The second-order valence-corrected chi connectivity index (χ2v) is 6.00. The third-order valence-electron chi connectivity index (χ3n) is 4.69. The van der Waals surface area contributed by atoms with E-state index in [-0.39, 0.29) is 0 Å². The zero-order chi connectivity index (χ0) is 13.5. The van der Waals surface area contributed by atoms with E-state index in [9.17, 15) is 0 Å². The molecule has 2 aliphatic rings. The molecule has 0 bridgehead atoms. The summed E-state index contributed by atoms with van der Waals surface area (Å²) in [5.74, 6) is 0. The molecule has 19 heavy (non-hydrogen) atoms. The average molecular weight is 269 g/mol. The number of hydrogen-bond donors (Lipinski definition) is 1. The van der Waals surface area contributed by atoms with Crippen LogP contribution in [0.1, 0.15) is 32.6 Å². The Morgan fingerprint density at radius 1 is 1.16 bits per heavy atom. The van der Waals surface area contributed by atoms with Crippen molar-refractivity contribution in [2.75, 3.05) is 53.0 Å². The van der Waals surface area contributed by atoms with Gasteiger partial charge in [0.25, 0.3) is 0 Å². The van der Waals surface area contributed by atoms with Crippen LogP contribution in [0.3, 0.4) is 0 Å². The van der Waals surface area contributed by atoms with Crippen LogP contribution in [0.25, 0.3) is 0 Å². The van der Waals surface area contributed by atoms with Gasteiger partial charge >= 0.3 is 0 Å². The van der Waals surface area contributed by atoms with E-state index in [0.717, 1.165) is 44.9 Å². The highest BCUT2D eigenvalue weighted by atomic mass is 16.5. The third-order valence-corrected chi connectivity index (χ3v) is 4.69. The maximum absolute atomic E-state index is 5.40. The Balaban J connectivity index is 1.62. The summed E-state index contributed by atoms with van der Waals surface area (Å²) in [6.07, 6.45) is 5.41. The van der Waals surface area contributed by atoms with E-state index < -0.39 is 0 Å². The van der Waals surface area contributed by atoms with E-state index in [1.165, 1.54) is 38.8 Å². The van der Waals surface area contributed by atoms with Gasteiger partial charge in [0.15, 0.2) is 0 Å². The van der Waals surface area contributed by atoms with E-state index in [1.807, 2.05) is 0 Å². The number of ether oxygens (including phenoxy) is 1. The Bertz CT molecular complexity index is 236. The molecule has 0 radical (unpaired) electrons. The molecule has 0 unspecified atom stereocenters. The molecule has 1 aliphatic carbocycles. The lowest BCUT2D eigenvalue weighted by Gasteiger charge is -2.36. The quantitative estimate of drug-likeness (QED) is 0.783. The first-order chi connectivity index (χ1) is 9.29. The molecule has 1 N–H and O–H groups in total. The van der Waals surface area contributed by atoms with E-state index in [1.54, 1.807) is 0 Å². The molecule has 4 heteroatoms. The molecule has 2 fully saturated rings. The number of rotatable bonds is 6. The van der Waals surface area contributed by atoms with Gasteiger partial charge in [-0.25, -0.2) is 0 Å². The van der Waals surface area contributed by atoms with Crippen molar-refractivity contribution in [3.05, 3.63) is 0 Å².